The number of furan rings is 1. The van der Waals surface area contributed by atoms with Gasteiger partial charge in [0, 0.05) is 4.90 Å². The van der Waals surface area contributed by atoms with Crippen molar-refractivity contribution >= 4 is 29.3 Å². The van der Waals surface area contributed by atoms with Gasteiger partial charge in [0.2, 0.25) is 0 Å². The second kappa shape index (κ2) is 7.72. The number of carbonyl (C=O) groups is 2. The molecule has 0 saturated heterocycles. The van der Waals surface area contributed by atoms with Gasteiger partial charge in [-0.3, -0.25) is 4.79 Å². The Morgan fingerprint density at radius 2 is 1.68 bits per heavy atom. The molecule has 0 aliphatic heterocycles. The van der Waals surface area contributed by atoms with Crippen LogP contribution in [0, 0.1) is 0 Å². The topological polar surface area (TPSA) is 79.5 Å². The van der Waals surface area contributed by atoms with Gasteiger partial charge in [0.25, 0.3) is 5.91 Å². The van der Waals surface area contributed by atoms with E-state index in [0.29, 0.717) is 11.5 Å². The Kier molecular flexibility index (Phi) is 5.20. The van der Waals surface area contributed by atoms with Gasteiger partial charge in [-0.05, 0) is 36.4 Å². The average Bonchev–Trinajstić information content (AvgIpc) is 3.10. The van der Waals surface area contributed by atoms with E-state index in [1.54, 1.807) is 36.0 Å². The van der Waals surface area contributed by atoms with E-state index in [1.807, 2.05) is 30.3 Å². The number of aromatic carboxylic acids is 1. The Bertz CT molecular complexity index is 889. The summed E-state index contributed by atoms with van der Waals surface area (Å²) < 4.78 is 5.56. The van der Waals surface area contributed by atoms with E-state index >= 15 is 0 Å². The fourth-order valence-electron chi connectivity index (χ4n) is 2.21. The van der Waals surface area contributed by atoms with Crippen LogP contribution in [0.5, 0.6) is 0 Å². The largest absolute Gasteiger partial charge is 0.478 e. The molecule has 0 fully saturated rings. The molecule has 0 radical (unpaired) electrons. The van der Waals surface area contributed by atoms with Crippen LogP contribution in [0.3, 0.4) is 0 Å². The van der Waals surface area contributed by atoms with Crippen LogP contribution >= 0.6 is 11.8 Å². The zero-order valence-corrected chi connectivity index (χ0v) is 14.0. The summed E-state index contributed by atoms with van der Waals surface area (Å²) >= 11 is 1.61. The number of carboxylic acid groups (broad SMARTS) is 1. The number of amides is 1. The number of hydrogen-bond acceptors (Lipinski definition) is 4. The normalized spacial score (nSPS) is 10.4. The lowest BCUT2D eigenvalue weighted by atomic mass is 10.2. The minimum absolute atomic E-state index is 0.0299. The van der Waals surface area contributed by atoms with Crippen LogP contribution in [0.4, 0.5) is 5.69 Å². The van der Waals surface area contributed by atoms with Gasteiger partial charge in [-0.15, -0.1) is 11.8 Å². The summed E-state index contributed by atoms with van der Waals surface area (Å²) in [5.41, 5.74) is 0.263. The molecule has 3 aromatic rings. The molecule has 5 nitrogen and oxygen atoms in total. The van der Waals surface area contributed by atoms with Crippen molar-refractivity contribution in [2.45, 2.75) is 10.6 Å². The number of nitrogens with one attached hydrogen (secondary N) is 1. The fraction of sp³-hybridized carbons (Fsp3) is 0.0526. The fourth-order valence-corrected chi connectivity index (χ4v) is 3.02. The zero-order valence-electron chi connectivity index (χ0n) is 13.1. The lowest BCUT2D eigenvalue weighted by Gasteiger charge is -2.06. The molecule has 126 valence electrons. The summed E-state index contributed by atoms with van der Waals surface area (Å²) in [4.78, 5) is 24.6. The van der Waals surface area contributed by atoms with Crippen LogP contribution < -0.4 is 5.32 Å². The molecule has 0 spiro atoms. The van der Waals surface area contributed by atoms with E-state index in [4.69, 9.17) is 9.52 Å². The maximum absolute atomic E-state index is 12.3. The van der Waals surface area contributed by atoms with Crippen LogP contribution in [-0.4, -0.2) is 17.0 Å². The highest BCUT2D eigenvalue weighted by atomic mass is 32.2. The highest BCUT2D eigenvalue weighted by Crippen LogP contribution is 2.24. The predicted molar refractivity (Wildman–Crippen MR) is 96.1 cm³/mol. The number of carboxylic acids is 1. The van der Waals surface area contributed by atoms with Crippen LogP contribution in [0.25, 0.3) is 0 Å². The van der Waals surface area contributed by atoms with E-state index in [2.05, 4.69) is 5.32 Å². The molecule has 3 rings (SSSR count). The van der Waals surface area contributed by atoms with E-state index in [9.17, 15) is 9.59 Å². The molecule has 1 amide bonds. The van der Waals surface area contributed by atoms with Crippen molar-refractivity contribution in [3.63, 3.8) is 0 Å². The molecule has 0 atom stereocenters. The Hall–Kier alpha value is -2.99. The number of anilines is 1. The Morgan fingerprint density at radius 1 is 0.960 bits per heavy atom. The zero-order chi connectivity index (χ0) is 17.6. The first-order chi connectivity index (χ1) is 12.1. The van der Waals surface area contributed by atoms with Crippen molar-refractivity contribution in [2.24, 2.45) is 0 Å². The average molecular weight is 353 g/mol. The van der Waals surface area contributed by atoms with Crippen molar-refractivity contribution in [3.05, 3.63) is 83.8 Å². The molecule has 2 aromatic carbocycles. The summed E-state index contributed by atoms with van der Waals surface area (Å²) in [5, 5.41) is 11.7. The molecule has 0 aliphatic carbocycles. The summed E-state index contributed by atoms with van der Waals surface area (Å²) in [6, 6.07) is 19.4. The number of thioether (sulfide) groups is 1. The van der Waals surface area contributed by atoms with E-state index in [0.717, 1.165) is 4.90 Å². The third-order valence-corrected chi connectivity index (χ3v) is 4.45. The van der Waals surface area contributed by atoms with Gasteiger partial charge in [-0.25, -0.2) is 4.79 Å². The minimum atomic E-state index is -1.10. The first kappa shape index (κ1) is 16.9. The quantitative estimate of drug-likeness (QED) is 0.637. The highest BCUT2D eigenvalue weighted by Gasteiger charge is 2.15. The standard InChI is InChI=1S/C19H15NO4S/c21-18(20-16-9-5-4-8-15(16)19(22)23)17-11-10-13(24-17)12-25-14-6-2-1-3-7-14/h1-11H,12H2,(H,20,21)(H,22,23). The Balaban J connectivity index is 1.66. The van der Waals surface area contributed by atoms with Gasteiger partial charge < -0.3 is 14.8 Å². The summed E-state index contributed by atoms with van der Waals surface area (Å²) in [6.07, 6.45) is 0. The van der Waals surface area contributed by atoms with Crippen LogP contribution in [-0.2, 0) is 5.75 Å². The summed E-state index contributed by atoms with van der Waals surface area (Å²) in [7, 11) is 0. The molecule has 2 N–H and O–H groups in total. The Labute approximate surface area is 148 Å². The number of carbonyl (C=O) groups excluding carboxylic acids is 1. The number of rotatable bonds is 6. The lowest BCUT2D eigenvalue weighted by Crippen LogP contribution is -2.14. The van der Waals surface area contributed by atoms with E-state index < -0.39 is 11.9 Å². The number of hydrogen-bond donors (Lipinski definition) is 2. The molecule has 0 bridgehead atoms. The van der Waals surface area contributed by atoms with Crippen molar-refractivity contribution in [3.8, 4) is 0 Å². The van der Waals surface area contributed by atoms with Crippen LogP contribution in [0.1, 0.15) is 26.7 Å². The van der Waals surface area contributed by atoms with Gasteiger partial charge in [-0.1, -0.05) is 30.3 Å². The van der Waals surface area contributed by atoms with Gasteiger partial charge in [0.1, 0.15) is 5.76 Å². The minimum Gasteiger partial charge on any atom is -0.478 e. The third kappa shape index (κ3) is 4.30. The second-order valence-corrected chi connectivity index (χ2v) is 6.22. The van der Waals surface area contributed by atoms with E-state index in [-0.39, 0.29) is 17.0 Å². The van der Waals surface area contributed by atoms with E-state index in [1.165, 1.54) is 12.1 Å². The van der Waals surface area contributed by atoms with Crippen LogP contribution in [0.15, 0.2) is 76.0 Å². The molecule has 6 heteroatoms. The number of benzene rings is 2. The first-order valence-corrected chi connectivity index (χ1v) is 8.52. The molecule has 1 aromatic heterocycles. The van der Waals surface area contributed by atoms with Crippen molar-refractivity contribution in [1.82, 2.24) is 0 Å². The molecular formula is C19H15NO4S. The van der Waals surface area contributed by atoms with Gasteiger partial charge in [-0.2, -0.15) is 0 Å². The molecule has 25 heavy (non-hydrogen) atoms. The highest BCUT2D eigenvalue weighted by molar-refractivity contribution is 7.98. The smallest absolute Gasteiger partial charge is 0.337 e. The van der Waals surface area contributed by atoms with Crippen LogP contribution in [0.2, 0.25) is 0 Å². The molecule has 0 saturated carbocycles. The third-order valence-electron chi connectivity index (χ3n) is 3.42. The summed E-state index contributed by atoms with van der Waals surface area (Å²) in [5.74, 6) is -0.169. The SMILES string of the molecule is O=C(Nc1ccccc1C(=O)O)c1ccc(CSc2ccccc2)o1. The molecule has 0 unspecified atom stereocenters. The maximum atomic E-state index is 12.3. The lowest BCUT2D eigenvalue weighted by molar-refractivity contribution is 0.0698. The number of para-hydroxylation sites is 1. The van der Waals surface area contributed by atoms with Crippen molar-refractivity contribution in [1.29, 1.82) is 0 Å². The monoisotopic (exact) mass is 353 g/mol. The predicted octanol–water partition coefficient (Wildman–Crippen LogP) is 4.52. The van der Waals surface area contributed by atoms with Crippen molar-refractivity contribution in [2.75, 3.05) is 5.32 Å². The molecular weight excluding hydrogens is 338 g/mol. The maximum Gasteiger partial charge on any atom is 0.337 e. The van der Waals surface area contributed by atoms with Gasteiger partial charge in [0.15, 0.2) is 5.76 Å². The first-order valence-electron chi connectivity index (χ1n) is 7.54. The van der Waals surface area contributed by atoms with Gasteiger partial charge in [0.05, 0.1) is 17.0 Å². The molecule has 0 aliphatic rings. The van der Waals surface area contributed by atoms with Gasteiger partial charge >= 0.3 is 5.97 Å². The van der Waals surface area contributed by atoms with Crippen molar-refractivity contribution < 1.29 is 19.1 Å². The second-order valence-electron chi connectivity index (χ2n) is 5.17. The summed E-state index contributed by atoms with van der Waals surface area (Å²) in [6.45, 7) is 0. The Morgan fingerprint density at radius 3 is 2.44 bits per heavy atom. The molecule has 1 heterocycles.